The first-order chi connectivity index (χ1) is 13.4. The van der Waals surface area contributed by atoms with Gasteiger partial charge in [-0.2, -0.15) is 0 Å². The van der Waals surface area contributed by atoms with Gasteiger partial charge in [-0.1, -0.05) is 26.8 Å². The van der Waals surface area contributed by atoms with Gasteiger partial charge in [0, 0.05) is 23.0 Å². The third-order valence-corrected chi connectivity index (χ3v) is 4.74. The maximum atomic E-state index is 14.4. The lowest BCUT2D eigenvalue weighted by molar-refractivity contribution is 0.377. The Morgan fingerprint density at radius 3 is 2.62 bits per heavy atom. The molecule has 0 radical (unpaired) electrons. The number of nitrogens with zero attached hydrogens (tertiary/aromatic N) is 3. The average Bonchev–Trinajstić information content (AvgIpc) is 3.01. The van der Waals surface area contributed by atoms with Crippen LogP contribution in [0.3, 0.4) is 0 Å². The van der Waals surface area contributed by atoms with Gasteiger partial charge in [-0.3, -0.25) is 4.57 Å². The van der Waals surface area contributed by atoms with Gasteiger partial charge in [-0.25, -0.2) is 23.7 Å². The molecule has 11 heteroatoms. The molecule has 0 aliphatic rings. The minimum Gasteiger partial charge on any atom is -0.361 e. The van der Waals surface area contributed by atoms with Crippen LogP contribution in [-0.2, 0) is 4.57 Å². The van der Waals surface area contributed by atoms with E-state index in [4.69, 9.17) is 9.79 Å². The summed E-state index contributed by atoms with van der Waals surface area (Å²) in [7, 11) is -4.38. The fraction of sp³-hybridized carbons (Fsp3) is 0.278. The molecule has 3 rings (SSSR count). The standard InChI is InChI=1S/C18H20F2N5O3P/c1-18(2,3)14(4-5-29(26,27)28)24-17-13(20)9-23-16(25-17)12-8-22-15-11(12)6-10(19)7-21-15/h4-9,14H,1-3H3,(H,21,22)(H,23,24,25)(H2,26,27,28)/b5-4+. The second kappa shape index (κ2) is 7.62. The third kappa shape index (κ3) is 5.03. The van der Waals surface area contributed by atoms with Crippen molar-refractivity contribution < 1.29 is 23.1 Å². The highest BCUT2D eigenvalue weighted by Gasteiger charge is 2.25. The quantitative estimate of drug-likeness (QED) is 0.460. The zero-order valence-corrected chi connectivity index (χ0v) is 16.8. The molecule has 3 heterocycles. The van der Waals surface area contributed by atoms with Gasteiger partial charge in [0.15, 0.2) is 17.5 Å². The van der Waals surface area contributed by atoms with Crippen LogP contribution in [0.2, 0.25) is 0 Å². The predicted molar refractivity (Wildman–Crippen MR) is 105 cm³/mol. The fourth-order valence-corrected chi connectivity index (χ4v) is 3.06. The van der Waals surface area contributed by atoms with Crippen molar-refractivity contribution in [1.82, 2.24) is 19.9 Å². The maximum absolute atomic E-state index is 14.4. The second-order valence-electron chi connectivity index (χ2n) is 7.56. The van der Waals surface area contributed by atoms with Gasteiger partial charge >= 0.3 is 7.60 Å². The number of aromatic amines is 1. The highest BCUT2D eigenvalue weighted by Crippen LogP contribution is 2.37. The predicted octanol–water partition coefficient (Wildman–Crippen LogP) is 3.82. The van der Waals surface area contributed by atoms with Crippen LogP contribution in [0.15, 0.2) is 36.6 Å². The number of pyridine rings is 1. The fourth-order valence-electron chi connectivity index (χ4n) is 2.66. The van der Waals surface area contributed by atoms with Gasteiger partial charge in [-0.15, -0.1) is 0 Å². The molecule has 29 heavy (non-hydrogen) atoms. The van der Waals surface area contributed by atoms with Crippen molar-refractivity contribution in [1.29, 1.82) is 0 Å². The smallest absolute Gasteiger partial charge is 0.348 e. The van der Waals surface area contributed by atoms with E-state index in [2.05, 4.69) is 25.3 Å². The van der Waals surface area contributed by atoms with E-state index in [0.717, 1.165) is 18.2 Å². The molecule has 0 saturated carbocycles. The molecule has 0 spiro atoms. The van der Waals surface area contributed by atoms with Crippen LogP contribution in [0, 0.1) is 17.0 Å². The lowest BCUT2D eigenvalue weighted by Gasteiger charge is -2.29. The Bertz CT molecular complexity index is 1120. The zero-order chi connectivity index (χ0) is 21.4. The molecular weight excluding hydrogens is 403 g/mol. The molecule has 154 valence electrons. The van der Waals surface area contributed by atoms with E-state index in [9.17, 15) is 13.3 Å². The number of hydrogen-bond donors (Lipinski definition) is 4. The largest absolute Gasteiger partial charge is 0.361 e. The normalized spacial score (nSPS) is 13.9. The highest BCUT2D eigenvalue weighted by atomic mass is 31.2. The molecule has 4 N–H and O–H groups in total. The summed E-state index contributed by atoms with van der Waals surface area (Å²) in [5, 5.41) is 3.31. The molecule has 0 aliphatic heterocycles. The number of anilines is 1. The molecule has 0 bridgehead atoms. The number of aromatic nitrogens is 4. The van der Waals surface area contributed by atoms with E-state index in [1.807, 2.05) is 20.8 Å². The van der Waals surface area contributed by atoms with Crippen LogP contribution >= 0.6 is 7.60 Å². The molecule has 1 atom stereocenters. The Kier molecular flexibility index (Phi) is 5.53. The van der Waals surface area contributed by atoms with E-state index >= 15 is 0 Å². The van der Waals surface area contributed by atoms with Crippen molar-refractivity contribution in [2.24, 2.45) is 5.41 Å². The molecule has 0 saturated heterocycles. The molecule has 3 aromatic rings. The minimum atomic E-state index is -4.38. The number of rotatable bonds is 5. The molecule has 0 aliphatic carbocycles. The van der Waals surface area contributed by atoms with E-state index in [1.165, 1.54) is 12.1 Å². The minimum absolute atomic E-state index is 0.138. The van der Waals surface area contributed by atoms with Crippen molar-refractivity contribution in [2.45, 2.75) is 26.8 Å². The van der Waals surface area contributed by atoms with E-state index in [0.29, 0.717) is 16.6 Å². The Morgan fingerprint density at radius 1 is 1.24 bits per heavy atom. The van der Waals surface area contributed by atoms with Crippen LogP contribution in [0.4, 0.5) is 14.6 Å². The average molecular weight is 423 g/mol. The Labute approximate surface area is 165 Å². The Hall–Kier alpha value is -2.68. The third-order valence-electron chi connectivity index (χ3n) is 4.18. The topological polar surface area (TPSA) is 124 Å². The number of halogens is 2. The van der Waals surface area contributed by atoms with Crippen molar-refractivity contribution in [2.75, 3.05) is 5.32 Å². The van der Waals surface area contributed by atoms with Crippen LogP contribution in [0.5, 0.6) is 0 Å². The van der Waals surface area contributed by atoms with Crippen LogP contribution in [0.25, 0.3) is 22.4 Å². The van der Waals surface area contributed by atoms with Crippen LogP contribution in [0.1, 0.15) is 20.8 Å². The van der Waals surface area contributed by atoms with Crippen LogP contribution < -0.4 is 5.32 Å². The first-order valence-corrected chi connectivity index (χ1v) is 10.3. The first kappa shape index (κ1) is 21.0. The van der Waals surface area contributed by atoms with Gasteiger partial charge < -0.3 is 20.1 Å². The molecular formula is C18H20F2N5O3P. The maximum Gasteiger partial charge on any atom is 0.348 e. The first-order valence-electron chi connectivity index (χ1n) is 8.61. The number of fused-ring (bicyclic) bond motifs is 1. The number of H-pyrrole nitrogens is 1. The van der Waals surface area contributed by atoms with Crippen molar-refractivity contribution in [3.63, 3.8) is 0 Å². The second-order valence-corrected chi connectivity index (χ2v) is 9.04. The molecule has 0 amide bonds. The summed E-state index contributed by atoms with van der Waals surface area (Å²) in [6.07, 6.45) is 4.88. The molecule has 1 unspecified atom stereocenters. The van der Waals surface area contributed by atoms with E-state index in [-0.39, 0.29) is 11.6 Å². The van der Waals surface area contributed by atoms with Gasteiger partial charge in [0.05, 0.1) is 18.4 Å². The molecule has 0 fully saturated rings. The summed E-state index contributed by atoms with van der Waals surface area (Å²) < 4.78 is 39.1. The summed E-state index contributed by atoms with van der Waals surface area (Å²) in [5.41, 5.74) is 0.353. The number of nitrogens with one attached hydrogen (secondary N) is 2. The van der Waals surface area contributed by atoms with Crippen molar-refractivity contribution in [3.05, 3.63) is 48.2 Å². The summed E-state index contributed by atoms with van der Waals surface area (Å²) in [6, 6.07) is 0.629. The van der Waals surface area contributed by atoms with Crippen molar-refractivity contribution in [3.8, 4) is 11.4 Å². The molecule has 8 nitrogen and oxygen atoms in total. The summed E-state index contributed by atoms with van der Waals surface area (Å²) in [5.74, 6) is -0.515. The lowest BCUT2D eigenvalue weighted by Crippen LogP contribution is -2.33. The van der Waals surface area contributed by atoms with Gasteiger partial charge in [0.2, 0.25) is 0 Å². The highest BCUT2D eigenvalue weighted by molar-refractivity contribution is 7.55. The van der Waals surface area contributed by atoms with Gasteiger partial charge in [0.1, 0.15) is 11.5 Å². The molecule has 3 aromatic heterocycles. The summed E-state index contributed by atoms with van der Waals surface area (Å²) in [6.45, 7) is 5.47. The zero-order valence-electron chi connectivity index (χ0n) is 15.9. The van der Waals surface area contributed by atoms with E-state index in [1.54, 1.807) is 6.20 Å². The van der Waals surface area contributed by atoms with Crippen molar-refractivity contribution >= 4 is 24.4 Å². The Balaban J connectivity index is 2.01. The van der Waals surface area contributed by atoms with Crippen LogP contribution in [-0.4, -0.2) is 35.8 Å². The van der Waals surface area contributed by atoms with E-state index < -0.39 is 30.7 Å². The monoisotopic (exact) mass is 423 g/mol. The van der Waals surface area contributed by atoms with Gasteiger partial charge in [-0.05, 0) is 11.5 Å². The lowest BCUT2D eigenvalue weighted by atomic mass is 9.87. The summed E-state index contributed by atoms with van der Waals surface area (Å²) >= 11 is 0. The molecule has 0 aromatic carbocycles. The van der Waals surface area contributed by atoms with Gasteiger partial charge in [0.25, 0.3) is 0 Å². The number of hydrogen-bond acceptors (Lipinski definition) is 5. The summed E-state index contributed by atoms with van der Waals surface area (Å²) in [4.78, 5) is 33.2. The SMILES string of the molecule is CC(C)(C)C(/C=C/P(=O)(O)O)Nc1nc(-c2c[nH]c3ncc(F)cc23)ncc1F. The Morgan fingerprint density at radius 2 is 1.97 bits per heavy atom.